The Labute approximate surface area is 182 Å². The van der Waals surface area contributed by atoms with Gasteiger partial charge in [-0.15, -0.1) is 0 Å². The van der Waals surface area contributed by atoms with Crippen molar-refractivity contribution < 1.29 is 14.7 Å². The maximum atomic E-state index is 12.5. The first kappa shape index (κ1) is 21.2. The van der Waals surface area contributed by atoms with Crippen LogP contribution < -0.4 is 10.2 Å². The van der Waals surface area contributed by atoms with Crippen LogP contribution in [0.25, 0.3) is 0 Å². The number of aromatic nitrogens is 2. The van der Waals surface area contributed by atoms with Crippen molar-refractivity contribution in [3.8, 4) is 0 Å². The number of anilines is 2. The molecule has 2 amide bonds. The summed E-state index contributed by atoms with van der Waals surface area (Å²) in [7, 11) is 0. The average molecular weight is 424 g/mol. The normalized spacial score (nSPS) is 17.9. The van der Waals surface area contributed by atoms with Crippen LogP contribution in [-0.4, -0.2) is 63.8 Å². The van der Waals surface area contributed by atoms with Crippen LogP contribution >= 0.6 is 0 Å². The van der Waals surface area contributed by atoms with Gasteiger partial charge in [0.05, 0.1) is 24.0 Å². The molecule has 0 unspecified atom stereocenters. The molecule has 2 aromatic rings. The van der Waals surface area contributed by atoms with E-state index in [4.69, 9.17) is 0 Å². The Morgan fingerprint density at radius 1 is 1.06 bits per heavy atom. The standard InChI is InChI=1S/C23H29N5O3/c1-23(2,31)22(30)27-11-8-17(9-12-27)16-3-5-19(6-4-16)26-21(29)18-14-28(15-18)20-7-10-24-25-13-20/h3-7,10,13,17-18,31H,8-9,11-12,14-15H2,1-2H3,(H,26,29). The lowest BCUT2D eigenvalue weighted by atomic mass is 9.88. The summed E-state index contributed by atoms with van der Waals surface area (Å²) < 4.78 is 0. The van der Waals surface area contributed by atoms with Crippen molar-refractivity contribution in [1.29, 1.82) is 0 Å². The number of piperidine rings is 1. The minimum Gasteiger partial charge on any atom is -0.381 e. The predicted molar refractivity (Wildman–Crippen MR) is 118 cm³/mol. The quantitative estimate of drug-likeness (QED) is 0.764. The summed E-state index contributed by atoms with van der Waals surface area (Å²) >= 11 is 0. The summed E-state index contributed by atoms with van der Waals surface area (Å²) in [6, 6.07) is 9.91. The fraction of sp³-hybridized carbons (Fsp3) is 0.478. The zero-order valence-corrected chi connectivity index (χ0v) is 18.0. The van der Waals surface area contributed by atoms with E-state index in [9.17, 15) is 14.7 Å². The smallest absolute Gasteiger partial charge is 0.253 e. The lowest BCUT2D eigenvalue weighted by molar-refractivity contribution is -0.148. The van der Waals surface area contributed by atoms with Crippen LogP contribution in [-0.2, 0) is 9.59 Å². The number of likely N-dealkylation sites (tertiary alicyclic amines) is 1. The Morgan fingerprint density at radius 3 is 2.32 bits per heavy atom. The van der Waals surface area contributed by atoms with E-state index in [1.54, 1.807) is 17.3 Å². The molecule has 2 aliphatic rings. The van der Waals surface area contributed by atoms with Crippen molar-refractivity contribution in [2.24, 2.45) is 5.92 Å². The summed E-state index contributed by atoms with van der Waals surface area (Å²) in [4.78, 5) is 28.6. The third-order valence-corrected chi connectivity index (χ3v) is 6.14. The number of carbonyl (C=O) groups is 2. The maximum Gasteiger partial charge on any atom is 0.253 e. The first-order valence-corrected chi connectivity index (χ1v) is 10.8. The molecule has 31 heavy (non-hydrogen) atoms. The number of nitrogens with zero attached hydrogens (tertiary/aromatic N) is 4. The molecular weight excluding hydrogens is 394 g/mol. The Kier molecular flexibility index (Phi) is 5.91. The fourth-order valence-corrected chi connectivity index (χ4v) is 4.21. The zero-order valence-electron chi connectivity index (χ0n) is 18.0. The SMILES string of the molecule is CC(C)(O)C(=O)N1CCC(c2ccc(NC(=O)C3CN(c4ccnnc4)C3)cc2)CC1. The van der Waals surface area contributed by atoms with Gasteiger partial charge in [-0.25, -0.2) is 0 Å². The summed E-state index contributed by atoms with van der Waals surface area (Å²) in [5.41, 5.74) is 1.68. The van der Waals surface area contributed by atoms with Crippen LogP contribution in [0.2, 0.25) is 0 Å². The molecule has 164 valence electrons. The molecule has 2 N–H and O–H groups in total. The van der Waals surface area contributed by atoms with Gasteiger partial charge in [0.1, 0.15) is 5.60 Å². The third kappa shape index (κ3) is 4.85. The van der Waals surface area contributed by atoms with Crippen molar-refractivity contribution in [3.63, 3.8) is 0 Å². The first-order chi connectivity index (χ1) is 14.8. The van der Waals surface area contributed by atoms with E-state index in [1.165, 1.54) is 19.4 Å². The van der Waals surface area contributed by atoms with E-state index in [0.29, 0.717) is 32.1 Å². The highest BCUT2D eigenvalue weighted by atomic mass is 16.3. The molecular formula is C23H29N5O3. The molecule has 0 spiro atoms. The van der Waals surface area contributed by atoms with Gasteiger partial charge in [0.2, 0.25) is 5.91 Å². The monoisotopic (exact) mass is 423 g/mol. The first-order valence-electron chi connectivity index (χ1n) is 10.8. The molecule has 0 atom stereocenters. The van der Waals surface area contributed by atoms with E-state index in [2.05, 4.69) is 32.5 Å². The molecule has 8 nitrogen and oxygen atoms in total. The van der Waals surface area contributed by atoms with Gasteiger partial charge in [0.25, 0.3) is 5.91 Å². The Balaban J connectivity index is 1.26. The number of nitrogens with one attached hydrogen (secondary N) is 1. The fourth-order valence-electron chi connectivity index (χ4n) is 4.21. The number of amides is 2. The molecule has 0 aliphatic carbocycles. The highest BCUT2D eigenvalue weighted by Gasteiger charge is 2.34. The summed E-state index contributed by atoms with van der Waals surface area (Å²) in [5.74, 6) is 0.165. The molecule has 2 fully saturated rings. The number of carbonyl (C=O) groups excluding carboxylic acids is 2. The number of benzene rings is 1. The molecule has 0 bridgehead atoms. The highest BCUT2D eigenvalue weighted by Crippen LogP contribution is 2.30. The van der Waals surface area contributed by atoms with Crippen molar-refractivity contribution in [3.05, 3.63) is 48.3 Å². The molecule has 3 heterocycles. The number of hydrogen-bond donors (Lipinski definition) is 2. The molecule has 1 aromatic heterocycles. The van der Waals surface area contributed by atoms with Crippen LogP contribution in [0.5, 0.6) is 0 Å². The molecule has 8 heteroatoms. The largest absolute Gasteiger partial charge is 0.381 e. The van der Waals surface area contributed by atoms with Crippen molar-refractivity contribution in [2.45, 2.75) is 38.2 Å². The van der Waals surface area contributed by atoms with Gasteiger partial charge >= 0.3 is 0 Å². The van der Waals surface area contributed by atoms with Gasteiger partial charge in [0, 0.05) is 31.9 Å². The van der Waals surface area contributed by atoms with E-state index in [1.807, 2.05) is 18.2 Å². The van der Waals surface area contributed by atoms with Crippen LogP contribution in [0, 0.1) is 5.92 Å². The van der Waals surface area contributed by atoms with Gasteiger partial charge in [-0.2, -0.15) is 10.2 Å². The topological polar surface area (TPSA) is 98.7 Å². The summed E-state index contributed by atoms with van der Waals surface area (Å²) in [6.07, 6.45) is 5.10. The van der Waals surface area contributed by atoms with Crippen molar-refractivity contribution in [1.82, 2.24) is 15.1 Å². The Bertz CT molecular complexity index is 912. The minimum atomic E-state index is -1.32. The second-order valence-corrected chi connectivity index (χ2v) is 8.94. The molecule has 2 saturated heterocycles. The number of rotatable bonds is 5. The Morgan fingerprint density at radius 2 is 1.74 bits per heavy atom. The van der Waals surface area contributed by atoms with Crippen molar-refractivity contribution in [2.75, 3.05) is 36.4 Å². The van der Waals surface area contributed by atoms with Gasteiger partial charge in [0.15, 0.2) is 0 Å². The molecule has 2 aliphatic heterocycles. The average Bonchev–Trinajstić information content (AvgIpc) is 2.73. The summed E-state index contributed by atoms with van der Waals surface area (Å²) in [5, 5.41) is 20.6. The van der Waals surface area contributed by atoms with E-state index < -0.39 is 5.60 Å². The second kappa shape index (κ2) is 8.63. The highest BCUT2D eigenvalue weighted by molar-refractivity contribution is 5.94. The van der Waals surface area contributed by atoms with E-state index in [-0.39, 0.29) is 17.7 Å². The molecule has 0 radical (unpaired) electrons. The van der Waals surface area contributed by atoms with Gasteiger partial charge in [-0.3, -0.25) is 9.59 Å². The predicted octanol–water partition coefficient (Wildman–Crippen LogP) is 2.03. The van der Waals surface area contributed by atoms with Crippen LogP contribution in [0.15, 0.2) is 42.7 Å². The molecule has 4 rings (SSSR count). The summed E-state index contributed by atoms with van der Waals surface area (Å²) in [6.45, 7) is 5.72. The number of hydrogen-bond acceptors (Lipinski definition) is 6. The lowest BCUT2D eigenvalue weighted by Crippen LogP contribution is -2.52. The van der Waals surface area contributed by atoms with Crippen molar-refractivity contribution >= 4 is 23.2 Å². The molecule has 0 saturated carbocycles. The number of aliphatic hydroxyl groups is 1. The minimum absolute atomic E-state index is 0.0319. The van der Waals surface area contributed by atoms with E-state index in [0.717, 1.165) is 24.2 Å². The van der Waals surface area contributed by atoms with Crippen LogP contribution in [0.4, 0.5) is 11.4 Å². The maximum absolute atomic E-state index is 12.5. The Hall–Kier alpha value is -3.00. The second-order valence-electron chi connectivity index (χ2n) is 8.94. The van der Waals surface area contributed by atoms with Crippen LogP contribution in [0.1, 0.15) is 38.2 Å². The lowest BCUT2D eigenvalue weighted by Gasteiger charge is -2.39. The van der Waals surface area contributed by atoms with Gasteiger partial charge in [-0.1, -0.05) is 12.1 Å². The third-order valence-electron chi connectivity index (χ3n) is 6.14. The van der Waals surface area contributed by atoms with E-state index >= 15 is 0 Å². The zero-order chi connectivity index (χ0) is 22.0. The van der Waals surface area contributed by atoms with Gasteiger partial charge in [-0.05, 0) is 56.4 Å². The van der Waals surface area contributed by atoms with Gasteiger partial charge < -0.3 is 20.2 Å². The van der Waals surface area contributed by atoms with Crippen LogP contribution in [0.3, 0.4) is 0 Å². The molecule has 1 aromatic carbocycles.